The van der Waals surface area contributed by atoms with Crippen LogP contribution in [0.25, 0.3) is 0 Å². The van der Waals surface area contributed by atoms with Crippen molar-refractivity contribution in [2.24, 2.45) is 0 Å². The van der Waals surface area contributed by atoms with Crippen LogP contribution in [0.3, 0.4) is 0 Å². The van der Waals surface area contributed by atoms with Crippen molar-refractivity contribution in [2.45, 2.75) is 19.3 Å². The summed E-state index contributed by atoms with van der Waals surface area (Å²) >= 11 is 7.50. The van der Waals surface area contributed by atoms with E-state index in [9.17, 15) is 18.0 Å². The lowest BCUT2D eigenvalue weighted by atomic mass is 10.1. The number of urea groups is 1. The number of piperazine rings is 1. The van der Waals surface area contributed by atoms with E-state index in [2.05, 4.69) is 10.2 Å². The van der Waals surface area contributed by atoms with Crippen LogP contribution in [-0.4, -0.2) is 42.0 Å². The first-order valence-corrected chi connectivity index (χ1v) is 9.66. The van der Waals surface area contributed by atoms with Gasteiger partial charge in [0, 0.05) is 44.1 Å². The summed E-state index contributed by atoms with van der Waals surface area (Å²) in [7, 11) is 0. The van der Waals surface area contributed by atoms with Crippen molar-refractivity contribution in [3.05, 3.63) is 56.7 Å². The van der Waals surface area contributed by atoms with Crippen LogP contribution >= 0.6 is 22.9 Å². The smallest absolute Gasteiger partial charge is 0.334 e. The number of thiophene rings is 1. The molecular weight excluding hydrogens is 399 g/mol. The second-order valence-electron chi connectivity index (χ2n) is 6.32. The third-order valence-corrected chi connectivity index (χ3v) is 5.61. The third kappa shape index (κ3) is 5.60. The second kappa shape index (κ2) is 8.50. The van der Waals surface area contributed by atoms with Crippen LogP contribution in [0.2, 0.25) is 4.34 Å². The molecule has 1 fully saturated rings. The van der Waals surface area contributed by atoms with Gasteiger partial charge in [-0.2, -0.15) is 13.2 Å². The number of hydrogen-bond donors (Lipinski definition) is 1. The minimum atomic E-state index is -4.35. The number of halogens is 4. The van der Waals surface area contributed by atoms with Gasteiger partial charge < -0.3 is 10.2 Å². The quantitative estimate of drug-likeness (QED) is 0.797. The maximum absolute atomic E-state index is 12.6. The number of carbonyl (C=O) groups excluding carboxylic acids is 1. The molecule has 27 heavy (non-hydrogen) atoms. The molecule has 1 aromatic heterocycles. The number of amides is 2. The molecule has 0 radical (unpaired) electrons. The van der Waals surface area contributed by atoms with Crippen LogP contribution in [0.5, 0.6) is 0 Å². The minimum absolute atomic E-state index is 0.199. The highest BCUT2D eigenvalue weighted by atomic mass is 35.5. The maximum atomic E-state index is 12.6. The third-order valence-electron chi connectivity index (χ3n) is 4.39. The molecule has 0 saturated carbocycles. The Hall–Kier alpha value is -1.77. The van der Waals surface area contributed by atoms with E-state index in [0.29, 0.717) is 18.7 Å². The molecule has 1 aliphatic rings. The van der Waals surface area contributed by atoms with Crippen molar-refractivity contribution in [1.29, 1.82) is 0 Å². The molecule has 2 amide bonds. The molecule has 2 aromatic rings. The fourth-order valence-electron chi connectivity index (χ4n) is 2.87. The minimum Gasteiger partial charge on any atom is -0.334 e. The van der Waals surface area contributed by atoms with E-state index in [1.165, 1.54) is 17.0 Å². The van der Waals surface area contributed by atoms with Gasteiger partial charge in [-0.25, -0.2) is 4.79 Å². The maximum Gasteiger partial charge on any atom is 0.416 e. The Morgan fingerprint density at radius 1 is 1.07 bits per heavy atom. The Kier molecular flexibility index (Phi) is 6.29. The van der Waals surface area contributed by atoms with Gasteiger partial charge in [-0.15, -0.1) is 11.3 Å². The van der Waals surface area contributed by atoms with E-state index >= 15 is 0 Å². The number of alkyl halides is 3. The molecule has 0 atom stereocenters. The van der Waals surface area contributed by atoms with E-state index < -0.39 is 11.7 Å². The highest BCUT2D eigenvalue weighted by Gasteiger charge is 2.30. The highest BCUT2D eigenvalue weighted by molar-refractivity contribution is 7.16. The molecule has 0 unspecified atom stereocenters. The summed E-state index contributed by atoms with van der Waals surface area (Å²) < 4.78 is 38.5. The largest absolute Gasteiger partial charge is 0.416 e. The van der Waals surface area contributed by atoms with E-state index in [-0.39, 0.29) is 12.6 Å². The number of rotatable bonds is 4. The predicted molar refractivity (Wildman–Crippen MR) is 99.9 cm³/mol. The van der Waals surface area contributed by atoms with Crippen LogP contribution in [-0.2, 0) is 19.3 Å². The highest BCUT2D eigenvalue weighted by Crippen LogP contribution is 2.29. The summed E-state index contributed by atoms with van der Waals surface area (Å²) in [6.45, 7) is 3.77. The molecule has 0 aliphatic carbocycles. The van der Waals surface area contributed by atoms with Crippen molar-refractivity contribution < 1.29 is 18.0 Å². The summed E-state index contributed by atoms with van der Waals surface area (Å²) in [5.41, 5.74) is -0.0645. The van der Waals surface area contributed by atoms with Crippen LogP contribution in [0.15, 0.2) is 36.4 Å². The lowest BCUT2D eigenvalue weighted by molar-refractivity contribution is -0.137. The average molecular weight is 418 g/mol. The molecule has 2 heterocycles. The van der Waals surface area contributed by atoms with Crippen molar-refractivity contribution in [3.8, 4) is 0 Å². The Morgan fingerprint density at radius 3 is 2.30 bits per heavy atom. The zero-order chi connectivity index (χ0) is 19.4. The molecule has 3 rings (SSSR count). The zero-order valence-corrected chi connectivity index (χ0v) is 16.0. The van der Waals surface area contributed by atoms with Crippen LogP contribution in [0.1, 0.15) is 16.0 Å². The summed E-state index contributed by atoms with van der Waals surface area (Å²) in [5, 5.41) is 2.77. The Labute approximate surface area is 164 Å². The Bertz CT molecular complexity index is 771. The molecule has 0 spiro atoms. The molecule has 9 heteroatoms. The molecule has 1 aromatic carbocycles. The van der Waals surface area contributed by atoms with E-state index in [4.69, 9.17) is 11.6 Å². The van der Waals surface area contributed by atoms with Gasteiger partial charge in [0.2, 0.25) is 0 Å². The van der Waals surface area contributed by atoms with Gasteiger partial charge in [-0.1, -0.05) is 23.7 Å². The van der Waals surface area contributed by atoms with E-state index in [1.54, 1.807) is 16.2 Å². The summed E-state index contributed by atoms with van der Waals surface area (Å²) in [5.74, 6) is 0. The van der Waals surface area contributed by atoms with Crippen molar-refractivity contribution >= 4 is 29.0 Å². The summed E-state index contributed by atoms with van der Waals surface area (Å²) in [6.07, 6.45) is -4.35. The van der Waals surface area contributed by atoms with Crippen molar-refractivity contribution in [3.63, 3.8) is 0 Å². The molecule has 4 nitrogen and oxygen atoms in total. The van der Waals surface area contributed by atoms with Gasteiger partial charge in [-0.3, -0.25) is 4.90 Å². The Morgan fingerprint density at radius 2 is 1.74 bits per heavy atom. The first-order chi connectivity index (χ1) is 12.8. The first-order valence-electron chi connectivity index (χ1n) is 8.47. The monoisotopic (exact) mass is 417 g/mol. The molecule has 0 bridgehead atoms. The SMILES string of the molecule is O=C(NCc1ccc(C(F)(F)F)cc1)N1CCN(Cc2ccc(Cl)s2)CC1. The molecule has 1 N–H and O–H groups in total. The summed E-state index contributed by atoms with van der Waals surface area (Å²) in [6, 6.07) is 8.51. The molecule has 146 valence electrons. The van der Waals surface area contributed by atoms with Crippen LogP contribution in [0, 0.1) is 0 Å². The number of carbonyl (C=O) groups is 1. The summed E-state index contributed by atoms with van der Waals surface area (Å²) in [4.78, 5) is 17.5. The van der Waals surface area contributed by atoms with Gasteiger partial charge in [0.1, 0.15) is 0 Å². The van der Waals surface area contributed by atoms with Gasteiger partial charge in [0.15, 0.2) is 0 Å². The topological polar surface area (TPSA) is 35.6 Å². The lowest BCUT2D eigenvalue weighted by Gasteiger charge is -2.34. The van der Waals surface area contributed by atoms with Crippen molar-refractivity contribution in [1.82, 2.24) is 15.1 Å². The van der Waals surface area contributed by atoms with Gasteiger partial charge >= 0.3 is 12.2 Å². The lowest BCUT2D eigenvalue weighted by Crippen LogP contribution is -2.51. The van der Waals surface area contributed by atoms with Crippen molar-refractivity contribution in [2.75, 3.05) is 26.2 Å². The number of hydrogen-bond acceptors (Lipinski definition) is 3. The fourth-order valence-corrected chi connectivity index (χ4v) is 4.00. The van der Waals surface area contributed by atoms with Gasteiger partial charge in [0.05, 0.1) is 9.90 Å². The van der Waals surface area contributed by atoms with Gasteiger partial charge in [0.25, 0.3) is 0 Å². The van der Waals surface area contributed by atoms with Crippen LogP contribution in [0.4, 0.5) is 18.0 Å². The standard InChI is InChI=1S/C18H19ClF3N3OS/c19-16-6-5-15(27-16)12-24-7-9-25(10-8-24)17(26)23-11-13-1-3-14(4-2-13)18(20,21)22/h1-6H,7-12H2,(H,23,26). The average Bonchev–Trinajstić information content (AvgIpc) is 3.04. The molecule has 1 aliphatic heterocycles. The number of benzene rings is 1. The van der Waals surface area contributed by atoms with Gasteiger partial charge in [-0.05, 0) is 29.8 Å². The number of nitrogens with zero attached hydrogens (tertiary/aromatic N) is 2. The second-order valence-corrected chi connectivity index (χ2v) is 8.12. The molecule has 1 saturated heterocycles. The first kappa shape index (κ1) is 20.0. The van der Waals surface area contributed by atoms with E-state index in [0.717, 1.165) is 36.1 Å². The normalized spacial score (nSPS) is 15.8. The molecular formula is C18H19ClF3N3OS. The van der Waals surface area contributed by atoms with Crippen LogP contribution < -0.4 is 5.32 Å². The number of nitrogens with one attached hydrogen (secondary N) is 1. The fraction of sp³-hybridized carbons (Fsp3) is 0.389. The predicted octanol–water partition coefficient (Wildman–Crippen LogP) is 4.45. The van der Waals surface area contributed by atoms with E-state index in [1.807, 2.05) is 12.1 Å². The zero-order valence-electron chi connectivity index (χ0n) is 14.4. The Balaban J connectivity index is 1.43.